The maximum atomic E-state index is 13.6. The van der Waals surface area contributed by atoms with E-state index in [0.717, 1.165) is 27.1 Å². The Hall–Kier alpha value is -3.78. The number of halogens is 2. The van der Waals surface area contributed by atoms with E-state index in [-0.39, 0.29) is 26.8 Å². The third-order valence-electron chi connectivity index (χ3n) is 5.25. The summed E-state index contributed by atoms with van der Waals surface area (Å²) in [5.74, 6) is -1.51. The van der Waals surface area contributed by atoms with Crippen LogP contribution in [0.5, 0.6) is 0 Å². The SMILES string of the molecule is Cc1ccc(-c2cc(C(F)F)nc3sc(C(N)=O)c(NC(=O)C(C)n4cc([N+](=O)[O-])c(C)n4)c23)s1. The molecular formula is C21H18F2N6O4S2. The molecule has 0 radical (unpaired) electrons. The zero-order valence-electron chi connectivity index (χ0n) is 18.5. The van der Waals surface area contributed by atoms with Crippen LogP contribution in [-0.4, -0.2) is 31.5 Å². The van der Waals surface area contributed by atoms with Gasteiger partial charge in [0.1, 0.15) is 33.3 Å². The summed E-state index contributed by atoms with van der Waals surface area (Å²) in [4.78, 5) is 41.5. The number of amides is 2. The van der Waals surface area contributed by atoms with Crippen LogP contribution >= 0.6 is 22.7 Å². The predicted molar refractivity (Wildman–Crippen MR) is 128 cm³/mol. The Morgan fingerprint density at radius 1 is 1.26 bits per heavy atom. The predicted octanol–water partition coefficient (Wildman–Crippen LogP) is 4.98. The van der Waals surface area contributed by atoms with Gasteiger partial charge in [-0.1, -0.05) is 0 Å². The van der Waals surface area contributed by atoms with E-state index in [4.69, 9.17) is 5.73 Å². The number of carbonyl (C=O) groups excluding carboxylic acids is 2. The Balaban J connectivity index is 1.85. The molecule has 4 aromatic heterocycles. The second-order valence-corrected chi connectivity index (χ2v) is 9.95. The van der Waals surface area contributed by atoms with Crippen LogP contribution in [0.3, 0.4) is 0 Å². The number of carbonyl (C=O) groups is 2. The van der Waals surface area contributed by atoms with Gasteiger partial charge in [-0.05, 0) is 39.0 Å². The molecule has 4 heterocycles. The molecule has 1 atom stereocenters. The maximum absolute atomic E-state index is 13.6. The van der Waals surface area contributed by atoms with Crippen molar-refractivity contribution in [3.63, 3.8) is 0 Å². The van der Waals surface area contributed by atoms with E-state index >= 15 is 0 Å². The summed E-state index contributed by atoms with van der Waals surface area (Å²) in [7, 11) is 0. The van der Waals surface area contributed by atoms with Gasteiger partial charge in [-0.15, -0.1) is 22.7 Å². The molecule has 0 aromatic carbocycles. The highest BCUT2D eigenvalue weighted by Gasteiger charge is 2.28. The molecule has 4 rings (SSSR count). The molecule has 2 amide bonds. The Kier molecular flexibility index (Phi) is 6.34. The zero-order valence-corrected chi connectivity index (χ0v) is 20.2. The highest BCUT2D eigenvalue weighted by atomic mass is 32.1. The van der Waals surface area contributed by atoms with E-state index in [9.17, 15) is 28.5 Å². The molecule has 0 saturated heterocycles. The van der Waals surface area contributed by atoms with Gasteiger partial charge in [0.05, 0.1) is 10.6 Å². The number of nitrogens with zero attached hydrogens (tertiary/aromatic N) is 4. The first-order valence-corrected chi connectivity index (χ1v) is 11.7. The van der Waals surface area contributed by atoms with Crippen LogP contribution in [0.25, 0.3) is 20.7 Å². The van der Waals surface area contributed by atoms with Crippen molar-refractivity contribution < 1.29 is 23.3 Å². The minimum Gasteiger partial charge on any atom is -0.365 e. The number of thiophene rings is 2. The number of nitrogens with one attached hydrogen (secondary N) is 1. The summed E-state index contributed by atoms with van der Waals surface area (Å²) < 4.78 is 28.3. The van der Waals surface area contributed by atoms with Crippen LogP contribution in [0, 0.1) is 24.0 Å². The number of aromatic nitrogens is 3. The van der Waals surface area contributed by atoms with Gasteiger partial charge >= 0.3 is 5.69 Å². The molecule has 35 heavy (non-hydrogen) atoms. The average molecular weight is 521 g/mol. The van der Waals surface area contributed by atoms with E-state index < -0.39 is 34.9 Å². The molecule has 0 aliphatic carbocycles. The van der Waals surface area contributed by atoms with Crippen molar-refractivity contribution in [2.45, 2.75) is 33.2 Å². The van der Waals surface area contributed by atoms with Crippen molar-refractivity contribution in [3.05, 3.63) is 55.7 Å². The fourth-order valence-electron chi connectivity index (χ4n) is 3.49. The standard InChI is InChI=1S/C21H18F2N6O4S2/c1-8-4-5-14(34-8)11-6-12(18(22)23)25-21-15(11)16(17(35-21)19(24)30)26-20(31)10(3)28-7-13(29(32)33)9(2)27-28/h4-7,10,18H,1-3H3,(H2,24,30)(H,26,31). The van der Waals surface area contributed by atoms with Crippen molar-refractivity contribution in [1.82, 2.24) is 14.8 Å². The summed E-state index contributed by atoms with van der Waals surface area (Å²) >= 11 is 2.16. The smallest absolute Gasteiger partial charge is 0.309 e. The lowest BCUT2D eigenvalue weighted by Gasteiger charge is -2.14. The summed E-state index contributed by atoms with van der Waals surface area (Å²) in [5.41, 5.74) is 5.38. The third kappa shape index (κ3) is 4.49. The molecule has 0 fully saturated rings. The monoisotopic (exact) mass is 520 g/mol. The summed E-state index contributed by atoms with van der Waals surface area (Å²) in [5, 5.41) is 18.1. The summed E-state index contributed by atoms with van der Waals surface area (Å²) in [6, 6.07) is 3.81. The lowest BCUT2D eigenvalue weighted by Crippen LogP contribution is -2.25. The van der Waals surface area contributed by atoms with Gasteiger partial charge in [0, 0.05) is 20.7 Å². The quantitative estimate of drug-likeness (QED) is 0.259. The van der Waals surface area contributed by atoms with Crippen molar-refractivity contribution in [3.8, 4) is 10.4 Å². The lowest BCUT2D eigenvalue weighted by molar-refractivity contribution is -0.385. The van der Waals surface area contributed by atoms with Gasteiger partial charge in [0.25, 0.3) is 12.3 Å². The number of hydrogen-bond acceptors (Lipinski definition) is 8. The Morgan fingerprint density at radius 3 is 2.51 bits per heavy atom. The topological polar surface area (TPSA) is 146 Å². The van der Waals surface area contributed by atoms with E-state index in [2.05, 4.69) is 15.4 Å². The van der Waals surface area contributed by atoms with Crippen molar-refractivity contribution in [1.29, 1.82) is 0 Å². The van der Waals surface area contributed by atoms with E-state index in [1.165, 1.54) is 31.3 Å². The fourth-order valence-corrected chi connectivity index (χ4v) is 5.40. The van der Waals surface area contributed by atoms with Gasteiger partial charge in [-0.2, -0.15) is 5.10 Å². The fraction of sp³-hybridized carbons (Fsp3) is 0.238. The maximum Gasteiger partial charge on any atom is 0.309 e. The van der Waals surface area contributed by atoms with Gasteiger partial charge < -0.3 is 11.1 Å². The Bertz CT molecular complexity index is 1490. The van der Waals surface area contributed by atoms with Crippen molar-refractivity contribution >= 4 is 56.1 Å². The molecule has 0 saturated carbocycles. The minimum atomic E-state index is -2.85. The van der Waals surface area contributed by atoms with Crippen LogP contribution in [0.4, 0.5) is 20.2 Å². The van der Waals surface area contributed by atoms with Gasteiger partial charge in [-0.3, -0.25) is 24.4 Å². The molecule has 10 nitrogen and oxygen atoms in total. The van der Waals surface area contributed by atoms with Crippen LogP contribution in [-0.2, 0) is 4.79 Å². The first kappa shape index (κ1) is 24.3. The number of aryl methyl sites for hydroxylation is 2. The van der Waals surface area contributed by atoms with Crippen molar-refractivity contribution in [2.24, 2.45) is 5.73 Å². The van der Waals surface area contributed by atoms with Crippen LogP contribution in [0.1, 0.15) is 45.3 Å². The zero-order chi connectivity index (χ0) is 25.6. The number of anilines is 1. The molecule has 0 bridgehead atoms. The molecule has 0 aliphatic heterocycles. The number of nitro groups is 1. The average Bonchev–Trinajstić information content (AvgIpc) is 3.49. The summed E-state index contributed by atoms with van der Waals surface area (Å²) in [6.45, 7) is 4.78. The molecule has 3 N–H and O–H groups in total. The molecule has 14 heteroatoms. The highest BCUT2D eigenvalue weighted by molar-refractivity contribution is 7.21. The molecule has 0 aliphatic rings. The largest absolute Gasteiger partial charge is 0.365 e. The lowest BCUT2D eigenvalue weighted by atomic mass is 10.1. The molecular weight excluding hydrogens is 502 g/mol. The number of nitrogens with two attached hydrogens (primary N) is 1. The second kappa shape index (κ2) is 9.11. The Labute approximate surface area is 204 Å². The first-order valence-electron chi connectivity index (χ1n) is 10.1. The third-order valence-corrected chi connectivity index (χ3v) is 7.38. The van der Waals surface area contributed by atoms with Crippen LogP contribution < -0.4 is 11.1 Å². The molecule has 0 spiro atoms. The Morgan fingerprint density at radius 2 is 1.97 bits per heavy atom. The van der Waals surface area contributed by atoms with Crippen LogP contribution in [0.15, 0.2) is 24.4 Å². The highest BCUT2D eigenvalue weighted by Crippen LogP contribution is 2.44. The van der Waals surface area contributed by atoms with Gasteiger partial charge in [0.2, 0.25) is 5.91 Å². The number of alkyl halides is 2. The van der Waals surface area contributed by atoms with Crippen molar-refractivity contribution in [2.75, 3.05) is 5.32 Å². The van der Waals surface area contributed by atoms with E-state index in [1.807, 2.05) is 13.0 Å². The number of pyridine rings is 1. The number of hydrogen-bond donors (Lipinski definition) is 2. The summed E-state index contributed by atoms with van der Waals surface area (Å²) in [6.07, 6.45) is -1.72. The number of fused-ring (bicyclic) bond motifs is 1. The van der Waals surface area contributed by atoms with Gasteiger partial charge in [-0.25, -0.2) is 13.8 Å². The molecule has 1 unspecified atom stereocenters. The molecule has 182 valence electrons. The van der Waals surface area contributed by atoms with E-state index in [1.54, 1.807) is 6.07 Å². The number of rotatable bonds is 7. The second-order valence-electron chi connectivity index (χ2n) is 7.66. The van der Waals surface area contributed by atoms with Gasteiger partial charge in [0.15, 0.2) is 0 Å². The minimum absolute atomic E-state index is 0.0436. The van der Waals surface area contributed by atoms with Crippen LogP contribution in [0.2, 0.25) is 0 Å². The molecule has 4 aromatic rings. The first-order chi connectivity index (χ1) is 16.5. The normalized spacial score (nSPS) is 12.3. The number of primary amides is 1. The van der Waals surface area contributed by atoms with E-state index in [0.29, 0.717) is 15.8 Å².